The number of carbonyl (C=O) groups excluding carboxylic acids is 2. The van der Waals surface area contributed by atoms with E-state index in [2.05, 4.69) is 5.32 Å². The standard InChI is InChI=1S/C18H22N2O3/c21-17-6-3-13-9-15(19-18(22)14-7-8-23-11-14)4-5-16(13)20(17)10-12-1-2-12/h4-5,9,12,14H,1-3,6-8,10-11H2,(H,19,22). The number of nitrogens with one attached hydrogen (secondary N) is 1. The number of amides is 2. The molecule has 2 amide bonds. The second-order valence-corrected chi connectivity index (χ2v) is 6.84. The molecular formula is C18H22N2O3. The molecule has 23 heavy (non-hydrogen) atoms. The molecule has 0 radical (unpaired) electrons. The van der Waals surface area contributed by atoms with Crippen LogP contribution in [-0.2, 0) is 20.7 Å². The van der Waals surface area contributed by atoms with Crippen molar-refractivity contribution in [2.45, 2.75) is 32.1 Å². The van der Waals surface area contributed by atoms with Crippen LogP contribution in [0.15, 0.2) is 18.2 Å². The molecule has 0 bridgehead atoms. The Kier molecular flexibility index (Phi) is 3.81. The first-order chi connectivity index (χ1) is 11.2. The van der Waals surface area contributed by atoms with Crippen molar-refractivity contribution in [1.82, 2.24) is 0 Å². The molecule has 1 saturated heterocycles. The van der Waals surface area contributed by atoms with Gasteiger partial charge in [-0.05, 0) is 55.4 Å². The fourth-order valence-corrected chi connectivity index (χ4v) is 3.38. The first-order valence-corrected chi connectivity index (χ1v) is 8.52. The van der Waals surface area contributed by atoms with Crippen LogP contribution in [0.1, 0.15) is 31.2 Å². The fraction of sp³-hybridized carbons (Fsp3) is 0.556. The van der Waals surface area contributed by atoms with Gasteiger partial charge in [0.2, 0.25) is 11.8 Å². The van der Waals surface area contributed by atoms with Crippen molar-refractivity contribution in [2.24, 2.45) is 11.8 Å². The Morgan fingerprint density at radius 1 is 1.26 bits per heavy atom. The second kappa shape index (κ2) is 5.96. The molecular weight excluding hydrogens is 292 g/mol. The Morgan fingerprint density at radius 3 is 2.87 bits per heavy atom. The Hall–Kier alpha value is -1.88. The minimum Gasteiger partial charge on any atom is -0.381 e. The van der Waals surface area contributed by atoms with E-state index in [9.17, 15) is 9.59 Å². The minimum absolute atomic E-state index is 0.0316. The van der Waals surface area contributed by atoms with E-state index in [1.807, 2.05) is 23.1 Å². The molecule has 2 fully saturated rings. The number of hydrogen-bond donors (Lipinski definition) is 1. The molecule has 1 aromatic rings. The van der Waals surface area contributed by atoms with Crippen molar-refractivity contribution < 1.29 is 14.3 Å². The predicted octanol–water partition coefficient (Wildman–Crippen LogP) is 2.35. The lowest BCUT2D eigenvalue weighted by molar-refractivity contribution is -0.120. The molecule has 1 atom stereocenters. The molecule has 4 rings (SSSR count). The van der Waals surface area contributed by atoms with Gasteiger partial charge in [0.1, 0.15) is 0 Å². The highest BCUT2D eigenvalue weighted by atomic mass is 16.5. The number of hydrogen-bond acceptors (Lipinski definition) is 3. The third-order valence-electron chi connectivity index (χ3n) is 4.99. The quantitative estimate of drug-likeness (QED) is 0.928. The molecule has 3 aliphatic rings. The maximum absolute atomic E-state index is 12.2. The van der Waals surface area contributed by atoms with Crippen LogP contribution in [0.4, 0.5) is 11.4 Å². The Bertz CT molecular complexity index is 633. The first-order valence-electron chi connectivity index (χ1n) is 8.52. The van der Waals surface area contributed by atoms with Gasteiger partial charge in [0.05, 0.1) is 12.5 Å². The van der Waals surface area contributed by atoms with E-state index in [-0.39, 0.29) is 17.7 Å². The van der Waals surface area contributed by atoms with Crippen LogP contribution >= 0.6 is 0 Å². The Balaban J connectivity index is 1.50. The van der Waals surface area contributed by atoms with Gasteiger partial charge in [0, 0.05) is 30.9 Å². The molecule has 0 aromatic heterocycles. The smallest absolute Gasteiger partial charge is 0.229 e. The van der Waals surface area contributed by atoms with Crippen molar-refractivity contribution >= 4 is 23.2 Å². The van der Waals surface area contributed by atoms with Crippen LogP contribution in [0.2, 0.25) is 0 Å². The first kappa shape index (κ1) is 14.7. The highest BCUT2D eigenvalue weighted by Crippen LogP contribution is 2.36. The van der Waals surface area contributed by atoms with Gasteiger partial charge < -0.3 is 15.0 Å². The van der Waals surface area contributed by atoms with Crippen molar-refractivity contribution in [1.29, 1.82) is 0 Å². The lowest BCUT2D eigenvalue weighted by Crippen LogP contribution is -2.36. The molecule has 2 aliphatic heterocycles. The lowest BCUT2D eigenvalue weighted by Gasteiger charge is -2.30. The zero-order valence-corrected chi connectivity index (χ0v) is 13.2. The summed E-state index contributed by atoms with van der Waals surface area (Å²) in [7, 11) is 0. The molecule has 1 aromatic carbocycles. The number of aryl methyl sites for hydroxylation is 1. The summed E-state index contributed by atoms with van der Waals surface area (Å²) in [4.78, 5) is 26.3. The van der Waals surface area contributed by atoms with Crippen molar-refractivity contribution in [3.63, 3.8) is 0 Å². The molecule has 1 N–H and O–H groups in total. The summed E-state index contributed by atoms with van der Waals surface area (Å²) in [6.45, 7) is 2.03. The second-order valence-electron chi connectivity index (χ2n) is 6.84. The molecule has 1 saturated carbocycles. The summed E-state index contributed by atoms with van der Waals surface area (Å²) in [5.74, 6) is 0.888. The summed E-state index contributed by atoms with van der Waals surface area (Å²) in [6, 6.07) is 5.91. The topological polar surface area (TPSA) is 58.6 Å². The van der Waals surface area contributed by atoms with Gasteiger partial charge in [0.25, 0.3) is 0 Å². The van der Waals surface area contributed by atoms with E-state index in [4.69, 9.17) is 4.74 Å². The molecule has 1 aliphatic carbocycles. The van der Waals surface area contributed by atoms with Crippen LogP contribution in [-0.4, -0.2) is 31.6 Å². The van der Waals surface area contributed by atoms with Gasteiger partial charge in [-0.15, -0.1) is 0 Å². The van der Waals surface area contributed by atoms with Crippen LogP contribution in [0.25, 0.3) is 0 Å². The van der Waals surface area contributed by atoms with E-state index >= 15 is 0 Å². The summed E-state index contributed by atoms with van der Waals surface area (Å²) in [5, 5.41) is 2.99. The molecule has 5 nitrogen and oxygen atoms in total. The largest absolute Gasteiger partial charge is 0.381 e. The average molecular weight is 314 g/mol. The SMILES string of the molecule is O=C(Nc1ccc2c(c1)CCC(=O)N2CC1CC1)C1CCOC1. The van der Waals surface area contributed by atoms with Crippen LogP contribution in [0.5, 0.6) is 0 Å². The fourth-order valence-electron chi connectivity index (χ4n) is 3.38. The Labute approximate surface area is 136 Å². The van der Waals surface area contributed by atoms with Crippen molar-refractivity contribution in [2.75, 3.05) is 30.0 Å². The Morgan fingerprint density at radius 2 is 2.13 bits per heavy atom. The monoisotopic (exact) mass is 314 g/mol. The van der Waals surface area contributed by atoms with Gasteiger partial charge in [-0.1, -0.05) is 0 Å². The highest BCUT2D eigenvalue weighted by Gasteiger charge is 2.31. The number of anilines is 2. The maximum atomic E-state index is 12.2. The average Bonchev–Trinajstić information content (AvgIpc) is 3.19. The lowest BCUT2D eigenvalue weighted by atomic mass is 9.99. The molecule has 2 heterocycles. The van der Waals surface area contributed by atoms with E-state index in [0.717, 1.165) is 36.3 Å². The third-order valence-corrected chi connectivity index (χ3v) is 4.99. The maximum Gasteiger partial charge on any atom is 0.229 e. The van der Waals surface area contributed by atoms with E-state index in [1.54, 1.807) is 0 Å². The summed E-state index contributed by atoms with van der Waals surface area (Å²) in [5.41, 5.74) is 3.00. The predicted molar refractivity (Wildman–Crippen MR) is 87.4 cm³/mol. The summed E-state index contributed by atoms with van der Waals surface area (Å²) < 4.78 is 5.27. The number of rotatable bonds is 4. The molecule has 0 spiro atoms. The molecule has 5 heteroatoms. The van der Waals surface area contributed by atoms with Gasteiger partial charge in [-0.3, -0.25) is 9.59 Å². The third kappa shape index (κ3) is 3.11. The number of nitrogens with zero attached hydrogens (tertiary/aromatic N) is 1. The zero-order valence-electron chi connectivity index (χ0n) is 13.2. The van der Waals surface area contributed by atoms with E-state index in [0.29, 0.717) is 25.6 Å². The van der Waals surface area contributed by atoms with Gasteiger partial charge in [0.15, 0.2) is 0 Å². The van der Waals surface area contributed by atoms with Crippen LogP contribution in [0.3, 0.4) is 0 Å². The number of carbonyl (C=O) groups is 2. The van der Waals surface area contributed by atoms with Gasteiger partial charge in [-0.2, -0.15) is 0 Å². The number of benzene rings is 1. The molecule has 122 valence electrons. The normalized spacial score (nSPS) is 23.7. The van der Waals surface area contributed by atoms with Crippen LogP contribution in [0, 0.1) is 11.8 Å². The minimum atomic E-state index is -0.0426. The van der Waals surface area contributed by atoms with Crippen LogP contribution < -0.4 is 10.2 Å². The summed E-state index contributed by atoms with van der Waals surface area (Å²) in [6.07, 6.45) is 4.58. The van der Waals surface area contributed by atoms with Crippen molar-refractivity contribution in [3.8, 4) is 0 Å². The summed E-state index contributed by atoms with van der Waals surface area (Å²) >= 11 is 0. The van der Waals surface area contributed by atoms with E-state index in [1.165, 1.54) is 12.8 Å². The zero-order chi connectivity index (χ0) is 15.8. The molecule has 1 unspecified atom stereocenters. The van der Waals surface area contributed by atoms with Crippen molar-refractivity contribution in [3.05, 3.63) is 23.8 Å². The van der Waals surface area contributed by atoms with E-state index < -0.39 is 0 Å². The highest BCUT2D eigenvalue weighted by molar-refractivity contribution is 5.98. The van der Waals surface area contributed by atoms with Gasteiger partial charge in [-0.25, -0.2) is 0 Å². The number of ether oxygens (including phenoxy) is 1. The number of fused-ring (bicyclic) bond motifs is 1. The van der Waals surface area contributed by atoms with Gasteiger partial charge >= 0.3 is 0 Å².